The van der Waals surface area contributed by atoms with Crippen molar-refractivity contribution in [2.45, 2.75) is 6.42 Å². The third-order valence-electron chi connectivity index (χ3n) is 2.55. The maximum atomic E-state index is 11.5. The lowest BCUT2D eigenvalue weighted by Crippen LogP contribution is -2.40. The van der Waals surface area contributed by atoms with Crippen LogP contribution in [0, 0.1) is 0 Å². The Balaban J connectivity index is 2.12. The number of carbonyl (C=O) groups excluding carboxylic acids is 1. The number of amides is 1. The molecule has 0 saturated heterocycles. The van der Waals surface area contributed by atoms with Gasteiger partial charge in [0, 0.05) is 27.2 Å². The monoisotopic (exact) mass is 315 g/mol. The second-order valence-electron chi connectivity index (χ2n) is 4.44. The standard InChI is InChI=1S/C13H21N3O4S/c1-16(2)21(18,19)15-10-9-14-13(17)8-11-20-12-6-4-3-5-7-12/h3-7,15H,8-11H2,1-2H3,(H,14,17). The molecule has 0 aliphatic rings. The summed E-state index contributed by atoms with van der Waals surface area (Å²) in [5.41, 5.74) is 0. The van der Waals surface area contributed by atoms with Crippen molar-refractivity contribution in [3.05, 3.63) is 30.3 Å². The lowest BCUT2D eigenvalue weighted by atomic mass is 10.3. The molecule has 0 spiro atoms. The van der Waals surface area contributed by atoms with Crippen molar-refractivity contribution < 1.29 is 17.9 Å². The van der Waals surface area contributed by atoms with Crippen LogP contribution in [0.3, 0.4) is 0 Å². The summed E-state index contributed by atoms with van der Waals surface area (Å²) in [6.45, 7) is 0.655. The van der Waals surface area contributed by atoms with Gasteiger partial charge >= 0.3 is 0 Å². The molecular weight excluding hydrogens is 294 g/mol. The van der Waals surface area contributed by atoms with Crippen LogP contribution in [0.25, 0.3) is 0 Å². The summed E-state index contributed by atoms with van der Waals surface area (Å²) < 4.78 is 31.6. The number of para-hydroxylation sites is 1. The van der Waals surface area contributed by atoms with E-state index in [1.165, 1.54) is 14.1 Å². The minimum atomic E-state index is -3.44. The van der Waals surface area contributed by atoms with Crippen LogP contribution in [0.5, 0.6) is 5.75 Å². The molecule has 1 aromatic rings. The molecule has 118 valence electrons. The Morgan fingerprint density at radius 2 is 1.86 bits per heavy atom. The van der Waals surface area contributed by atoms with Crippen molar-refractivity contribution in [1.82, 2.24) is 14.3 Å². The molecule has 2 N–H and O–H groups in total. The Morgan fingerprint density at radius 1 is 1.19 bits per heavy atom. The summed E-state index contributed by atoms with van der Waals surface area (Å²) >= 11 is 0. The maximum Gasteiger partial charge on any atom is 0.278 e. The lowest BCUT2D eigenvalue weighted by Gasteiger charge is -2.12. The van der Waals surface area contributed by atoms with Gasteiger partial charge in [-0.2, -0.15) is 12.7 Å². The predicted molar refractivity (Wildman–Crippen MR) is 80.2 cm³/mol. The summed E-state index contributed by atoms with van der Waals surface area (Å²) in [6.07, 6.45) is 0.218. The number of hydrogen-bond acceptors (Lipinski definition) is 4. The zero-order valence-electron chi connectivity index (χ0n) is 12.2. The highest BCUT2D eigenvalue weighted by molar-refractivity contribution is 7.87. The molecule has 1 amide bonds. The molecular formula is C13H21N3O4S. The summed E-state index contributed by atoms with van der Waals surface area (Å²) in [4.78, 5) is 11.5. The molecule has 21 heavy (non-hydrogen) atoms. The molecule has 1 aromatic carbocycles. The van der Waals surface area contributed by atoms with E-state index < -0.39 is 10.2 Å². The summed E-state index contributed by atoms with van der Waals surface area (Å²) in [7, 11) is -0.577. The minimum Gasteiger partial charge on any atom is -0.493 e. The van der Waals surface area contributed by atoms with Gasteiger partial charge in [-0.15, -0.1) is 0 Å². The fraction of sp³-hybridized carbons (Fsp3) is 0.462. The fourth-order valence-electron chi connectivity index (χ4n) is 1.38. The first-order valence-electron chi connectivity index (χ1n) is 6.53. The zero-order valence-corrected chi connectivity index (χ0v) is 13.0. The highest BCUT2D eigenvalue weighted by Gasteiger charge is 2.11. The SMILES string of the molecule is CN(C)S(=O)(=O)NCCNC(=O)CCOc1ccccc1. The summed E-state index contributed by atoms with van der Waals surface area (Å²) in [5, 5.41) is 2.62. The van der Waals surface area contributed by atoms with Gasteiger partial charge in [-0.25, -0.2) is 4.72 Å². The molecule has 0 aliphatic carbocycles. The zero-order chi connectivity index (χ0) is 15.7. The Kier molecular flexibility index (Phi) is 7.13. The third-order valence-corrected chi connectivity index (χ3v) is 4.08. The molecule has 0 aliphatic heterocycles. The van der Waals surface area contributed by atoms with Gasteiger partial charge in [-0.3, -0.25) is 4.79 Å². The van der Waals surface area contributed by atoms with Gasteiger partial charge in [0.15, 0.2) is 0 Å². The number of ether oxygens (including phenoxy) is 1. The van der Waals surface area contributed by atoms with Gasteiger partial charge in [-0.05, 0) is 12.1 Å². The average Bonchev–Trinajstić information content (AvgIpc) is 2.44. The van der Waals surface area contributed by atoms with E-state index in [9.17, 15) is 13.2 Å². The van der Waals surface area contributed by atoms with E-state index >= 15 is 0 Å². The van der Waals surface area contributed by atoms with E-state index in [1.807, 2.05) is 30.3 Å². The van der Waals surface area contributed by atoms with E-state index in [2.05, 4.69) is 10.0 Å². The van der Waals surface area contributed by atoms with E-state index in [-0.39, 0.29) is 32.0 Å². The molecule has 0 saturated carbocycles. The van der Waals surface area contributed by atoms with E-state index in [0.717, 1.165) is 4.31 Å². The molecule has 1 rings (SSSR count). The minimum absolute atomic E-state index is 0.145. The normalized spacial score (nSPS) is 11.4. The Bertz CT molecular complexity index is 532. The van der Waals surface area contributed by atoms with Crippen LogP contribution in [0.4, 0.5) is 0 Å². The van der Waals surface area contributed by atoms with Gasteiger partial charge < -0.3 is 10.1 Å². The number of hydrogen-bond donors (Lipinski definition) is 2. The third kappa shape index (κ3) is 7.07. The van der Waals surface area contributed by atoms with Crippen LogP contribution >= 0.6 is 0 Å². The molecule has 7 nitrogen and oxygen atoms in total. The van der Waals surface area contributed by atoms with Crippen LogP contribution in [0.2, 0.25) is 0 Å². The highest BCUT2D eigenvalue weighted by atomic mass is 32.2. The molecule has 0 aromatic heterocycles. The summed E-state index contributed by atoms with van der Waals surface area (Å²) in [5.74, 6) is 0.527. The van der Waals surface area contributed by atoms with Gasteiger partial charge in [-0.1, -0.05) is 18.2 Å². The second-order valence-corrected chi connectivity index (χ2v) is 6.41. The van der Waals surface area contributed by atoms with Crippen LogP contribution in [0.15, 0.2) is 30.3 Å². The maximum absolute atomic E-state index is 11.5. The molecule has 8 heteroatoms. The Morgan fingerprint density at radius 3 is 2.48 bits per heavy atom. The van der Waals surface area contributed by atoms with E-state index in [0.29, 0.717) is 5.75 Å². The van der Waals surface area contributed by atoms with Crippen molar-refractivity contribution in [2.24, 2.45) is 0 Å². The van der Waals surface area contributed by atoms with Crippen LogP contribution < -0.4 is 14.8 Å². The van der Waals surface area contributed by atoms with Gasteiger partial charge in [0.2, 0.25) is 5.91 Å². The molecule has 0 atom stereocenters. The van der Waals surface area contributed by atoms with Gasteiger partial charge in [0.1, 0.15) is 5.75 Å². The largest absolute Gasteiger partial charge is 0.493 e. The van der Waals surface area contributed by atoms with Crippen LogP contribution in [-0.4, -0.2) is 52.4 Å². The number of rotatable bonds is 9. The topological polar surface area (TPSA) is 87.7 Å². The number of benzene rings is 1. The van der Waals surface area contributed by atoms with Crippen molar-refractivity contribution in [3.63, 3.8) is 0 Å². The van der Waals surface area contributed by atoms with Crippen LogP contribution in [-0.2, 0) is 15.0 Å². The molecule has 0 bridgehead atoms. The van der Waals surface area contributed by atoms with Crippen LogP contribution in [0.1, 0.15) is 6.42 Å². The highest BCUT2D eigenvalue weighted by Crippen LogP contribution is 2.08. The first kappa shape index (κ1) is 17.4. The fourth-order valence-corrected chi connectivity index (χ4v) is 2.00. The Hall–Kier alpha value is -1.64. The lowest BCUT2D eigenvalue weighted by molar-refractivity contribution is -0.121. The van der Waals surface area contributed by atoms with Crippen molar-refractivity contribution >= 4 is 16.1 Å². The smallest absolute Gasteiger partial charge is 0.278 e. The molecule has 0 unspecified atom stereocenters. The van der Waals surface area contributed by atoms with Crippen molar-refractivity contribution in [2.75, 3.05) is 33.8 Å². The van der Waals surface area contributed by atoms with Gasteiger partial charge in [0.25, 0.3) is 10.2 Å². The second kappa shape index (κ2) is 8.60. The quantitative estimate of drug-likeness (QED) is 0.626. The molecule has 0 fully saturated rings. The average molecular weight is 315 g/mol. The Labute approximate surface area is 125 Å². The molecule has 0 heterocycles. The number of nitrogens with zero attached hydrogens (tertiary/aromatic N) is 1. The summed E-state index contributed by atoms with van der Waals surface area (Å²) in [6, 6.07) is 9.22. The van der Waals surface area contributed by atoms with Crippen molar-refractivity contribution in [3.8, 4) is 5.75 Å². The van der Waals surface area contributed by atoms with Crippen molar-refractivity contribution in [1.29, 1.82) is 0 Å². The first-order valence-corrected chi connectivity index (χ1v) is 7.97. The molecule has 0 radical (unpaired) electrons. The first-order chi connectivity index (χ1) is 9.92. The van der Waals surface area contributed by atoms with E-state index in [1.54, 1.807) is 0 Å². The van der Waals surface area contributed by atoms with E-state index in [4.69, 9.17) is 4.74 Å². The van der Waals surface area contributed by atoms with Gasteiger partial charge in [0.05, 0.1) is 13.0 Å². The predicted octanol–water partition coefficient (Wildman–Crippen LogP) is -0.0323. The number of nitrogens with one attached hydrogen (secondary N) is 2. The number of carbonyl (C=O) groups is 1.